The molecule has 0 radical (unpaired) electrons. The molecule has 3 N–H and O–H groups in total. The van der Waals surface area contributed by atoms with Crippen molar-refractivity contribution in [1.82, 2.24) is 4.72 Å². The molecule has 0 fully saturated rings. The van der Waals surface area contributed by atoms with E-state index in [0.29, 0.717) is 11.3 Å². The summed E-state index contributed by atoms with van der Waals surface area (Å²) in [6.07, 6.45) is 0.872. The number of benzene rings is 1. The Hall–Kier alpha value is -1.12. The van der Waals surface area contributed by atoms with Crippen LogP contribution in [0, 0.1) is 0 Å². The third kappa shape index (κ3) is 5.03. The number of nitrogens with two attached hydrogens (primary N) is 1. The number of hydrogen-bond acceptors (Lipinski definition) is 5. The first kappa shape index (κ1) is 14.9. The van der Waals surface area contributed by atoms with Gasteiger partial charge in [-0.25, -0.2) is 21.6 Å². The number of hydrogen-bond donors (Lipinski definition) is 2. The minimum absolute atomic E-state index is 0.515. The van der Waals surface area contributed by atoms with Gasteiger partial charge < -0.3 is 5.73 Å². The zero-order valence-corrected chi connectivity index (χ0v) is 11.8. The second-order valence-electron chi connectivity index (χ2n) is 4.17. The van der Waals surface area contributed by atoms with Crippen molar-refractivity contribution in [1.29, 1.82) is 0 Å². The molecule has 0 aliphatic heterocycles. The summed E-state index contributed by atoms with van der Waals surface area (Å²) >= 11 is 0. The molecule has 8 heteroatoms. The van der Waals surface area contributed by atoms with E-state index in [1.165, 1.54) is 0 Å². The number of nitrogen functional groups attached to an aromatic ring is 1. The molecule has 0 heterocycles. The van der Waals surface area contributed by atoms with Gasteiger partial charge in [-0.1, -0.05) is 12.1 Å². The van der Waals surface area contributed by atoms with E-state index in [-0.39, 0.29) is 0 Å². The van der Waals surface area contributed by atoms with Crippen molar-refractivity contribution >= 4 is 25.5 Å². The zero-order valence-electron chi connectivity index (χ0n) is 10.1. The third-order valence-corrected chi connectivity index (χ3v) is 5.80. The van der Waals surface area contributed by atoms with E-state index in [1.807, 2.05) is 0 Å². The van der Waals surface area contributed by atoms with E-state index >= 15 is 0 Å². The first-order valence-electron chi connectivity index (χ1n) is 5.12. The lowest BCUT2D eigenvalue weighted by Gasteiger charge is -2.14. The average Bonchev–Trinajstić information content (AvgIpc) is 2.12. The Labute approximate surface area is 107 Å². The fraction of sp³-hybridized carbons (Fsp3) is 0.400. The van der Waals surface area contributed by atoms with Crippen LogP contribution in [0.3, 0.4) is 0 Å². The summed E-state index contributed by atoms with van der Waals surface area (Å²) in [7, 11) is -7.47. The van der Waals surface area contributed by atoms with Crippen molar-refractivity contribution in [2.75, 3.05) is 17.1 Å². The summed E-state index contributed by atoms with van der Waals surface area (Å²) in [4.78, 5) is 0. The fourth-order valence-corrected chi connectivity index (χ4v) is 4.68. The topological polar surface area (TPSA) is 106 Å². The van der Waals surface area contributed by atoms with Crippen LogP contribution < -0.4 is 10.5 Å². The number of anilines is 1. The smallest absolute Gasteiger partial charge is 0.226 e. The van der Waals surface area contributed by atoms with Crippen LogP contribution in [0.2, 0.25) is 0 Å². The lowest BCUT2D eigenvalue weighted by molar-refractivity contribution is 0.568. The first-order valence-corrected chi connectivity index (χ1v) is 8.83. The Bertz CT molecular complexity index is 623. The maximum Gasteiger partial charge on any atom is 0.226 e. The fourth-order valence-electron chi connectivity index (χ4n) is 1.48. The number of nitrogens with one attached hydrogen (secondary N) is 1. The van der Waals surface area contributed by atoms with Gasteiger partial charge in [0.2, 0.25) is 10.0 Å². The Morgan fingerprint density at radius 1 is 1.28 bits per heavy atom. The quantitative estimate of drug-likeness (QED) is 0.757. The van der Waals surface area contributed by atoms with Crippen molar-refractivity contribution < 1.29 is 16.8 Å². The zero-order chi connectivity index (χ0) is 14.0. The van der Waals surface area contributed by atoms with Crippen LogP contribution >= 0.6 is 0 Å². The van der Waals surface area contributed by atoms with Crippen LogP contribution in [0.1, 0.15) is 18.5 Å². The lowest BCUT2D eigenvalue weighted by Crippen LogP contribution is -2.31. The van der Waals surface area contributed by atoms with Gasteiger partial charge in [-0.2, -0.15) is 0 Å². The molecule has 1 rings (SSSR count). The van der Waals surface area contributed by atoms with E-state index in [0.717, 1.165) is 6.26 Å². The molecule has 6 nitrogen and oxygen atoms in total. The molecule has 0 aromatic heterocycles. The molecule has 1 atom stereocenters. The van der Waals surface area contributed by atoms with Crippen LogP contribution in [0.25, 0.3) is 0 Å². The molecule has 0 saturated heterocycles. The Morgan fingerprint density at radius 3 is 2.39 bits per heavy atom. The SMILES string of the molecule is CC(NS(=O)(=O)CS(C)(=O)=O)c1cccc(N)c1. The van der Waals surface area contributed by atoms with Gasteiger partial charge in [0, 0.05) is 18.0 Å². The van der Waals surface area contributed by atoms with Crippen LogP contribution in [0.4, 0.5) is 5.69 Å². The molecular weight excluding hydrogens is 276 g/mol. The Morgan fingerprint density at radius 2 is 1.89 bits per heavy atom. The highest BCUT2D eigenvalue weighted by atomic mass is 32.3. The van der Waals surface area contributed by atoms with Crippen LogP contribution in [0.15, 0.2) is 24.3 Å². The molecule has 0 bridgehead atoms. The largest absolute Gasteiger partial charge is 0.399 e. The molecular formula is C10H16N2O4S2. The van der Waals surface area contributed by atoms with Crippen molar-refractivity contribution in [3.8, 4) is 0 Å². The molecule has 1 aromatic carbocycles. The molecule has 0 spiro atoms. The highest BCUT2D eigenvalue weighted by Crippen LogP contribution is 2.16. The van der Waals surface area contributed by atoms with Gasteiger partial charge in [-0.3, -0.25) is 0 Å². The molecule has 102 valence electrons. The van der Waals surface area contributed by atoms with Gasteiger partial charge in [-0.15, -0.1) is 0 Å². The normalized spacial score (nSPS) is 14.3. The minimum atomic E-state index is -3.88. The second-order valence-corrected chi connectivity index (χ2v) is 8.43. The molecule has 0 saturated carbocycles. The summed E-state index contributed by atoms with van der Waals surface area (Å²) in [5.74, 6) is 0. The maximum atomic E-state index is 11.6. The van der Waals surface area contributed by atoms with E-state index in [2.05, 4.69) is 4.72 Å². The molecule has 1 unspecified atom stereocenters. The summed E-state index contributed by atoms with van der Waals surface area (Å²) in [6, 6.07) is 6.19. The van der Waals surface area contributed by atoms with E-state index in [9.17, 15) is 16.8 Å². The number of sulfonamides is 1. The number of sulfone groups is 1. The van der Waals surface area contributed by atoms with Crippen molar-refractivity contribution in [3.63, 3.8) is 0 Å². The summed E-state index contributed by atoms with van der Waals surface area (Å²) in [5.41, 5.74) is 6.78. The van der Waals surface area contributed by atoms with Gasteiger partial charge in [0.1, 0.15) is 0 Å². The minimum Gasteiger partial charge on any atom is -0.399 e. The van der Waals surface area contributed by atoms with Crippen molar-refractivity contribution in [3.05, 3.63) is 29.8 Å². The maximum absolute atomic E-state index is 11.6. The van der Waals surface area contributed by atoms with Gasteiger partial charge in [-0.05, 0) is 24.6 Å². The highest BCUT2D eigenvalue weighted by Gasteiger charge is 2.21. The summed E-state index contributed by atoms with van der Waals surface area (Å²) in [6.45, 7) is 1.62. The van der Waals surface area contributed by atoms with Gasteiger partial charge in [0.15, 0.2) is 14.9 Å². The van der Waals surface area contributed by atoms with Crippen molar-refractivity contribution in [2.24, 2.45) is 0 Å². The van der Waals surface area contributed by atoms with E-state index in [4.69, 9.17) is 5.73 Å². The average molecular weight is 292 g/mol. The molecule has 0 aliphatic rings. The predicted octanol–water partition coefficient (Wildman–Crippen LogP) is 0.251. The second kappa shape index (κ2) is 5.25. The monoisotopic (exact) mass is 292 g/mol. The van der Waals surface area contributed by atoms with Gasteiger partial charge in [0.05, 0.1) is 0 Å². The molecule has 18 heavy (non-hydrogen) atoms. The molecule has 0 aliphatic carbocycles. The van der Waals surface area contributed by atoms with Gasteiger partial charge >= 0.3 is 0 Å². The van der Waals surface area contributed by atoms with E-state index in [1.54, 1.807) is 31.2 Å². The summed E-state index contributed by atoms with van der Waals surface area (Å²) < 4.78 is 47.4. The van der Waals surface area contributed by atoms with Crippen molar-refractivity contribution in [2.45, 2.75) is 13.0 Å². The van der Waals surface area contributed by atoms with E-state index < -0.39 is 31.0 Å². The highest BCUT2D eigenvalue weighted by molar-refractivity contribution is 8.06. The Kier molecular flexibility index (Phi) is 4.36. The van der Waals surface area contributed by atoms with Crippen LogP contribution in [-0.4, -0.2) is 28.2 Å². The standard InChI is InChI=1S/C10H16N2O4S2/c1-8(9-4-3-5-10(11)6-9)12-18(15,16)7-17(2,13)14/h3-6,8,12H,7,11H2,1-2H3. The third-order valence-electron chi connectivity index (χ3n) is 2.14. The predicted molar refractivity (Wildman–Crippen MR) is 71.0 cm³/mol. The summed E-state index contributed by atoms with van der Waals surface area (Å²) in [5, 5.41) is -0.924. The first-order chi connectivity index (χ1) is 8.09. The molecule has 1 aromatic rings. The number of rotatable bonds is 5. The Balaban J connectivity index is 2.85. The van der Waals surface area contributed by atoms with Crippen LogP contribution in [0.5, 0.6) is 0 Å². The molecule has 0 amide bonds. The van der Waals surface area contributed by atoms with Gasteiger partial charge in [0.25, 0.3) is 0 Å². The van der Waals surface area contributed by atoms with Crippen LogP contribution in [-0.2, 0) is 19.9 Å². The lowest BCUT2D eigenvalue weighted by atomic mass is 10.1.